The van der Waals surface area contributed by atoms with Crippen LogP contribution in [0.25, 0.3) is 11.3 Å². The highest BCUT2D eigenvalue weighted by atomic mass is 16.5. The van der Waals surface area contributed by atoms with Crippen LogP contribution in [0.2, 0.25) is 0 Å². The summed E-state index contributed by atoms with van der Waals surface area (Å²) in [4.78, 5) is 25.2. The Kier molecular flexibility index (Phi) is 5.48. The molecule has 0 bridgehead atoms. The van der Waals surface area contributed by atoms with Crippen molar-refractivity contribution < 1.29 is 9.53 Å². The van der Waals surface area contributed by atoms with E-state index in [9.17, 15) is 4.79 Å². The summed E-state index contributed by atoms with van der Waals surface area (Å²) in [6.07, 6.45) is 1.59. The monoisotopic (exact) mass is 369 g/mol. The van der Waals surface area contributed by atoms with Crippen LogP contribution >= 0.6 is 0 Å². The molecule has 0 radical (unpaired) electrons. The molecule has 27 heavy (non-hydrogen) atoms. The number of hydrogen-bond acceptors (Lipinski definition) is 5. The minimum atomic E-state index is -0.228. The number of methoxy groups -OCH3 is 1. The summed E-state index contributed by atoms with van der Waals surface area (Å²) < 4.78 is 5.21. The summed E-state index contributed by atoms with van der Waals surface area (Å²) in [5.74, 6) is 1.70. The Morgan fingerprint density at radius 3 is 2.33 bits per heavy atom. The van der Waals surface area contributed by atoms with Gasteiger partial charge in [-0.05, 0) is 45.0 Å². The molecule has 1 aromatic heterocycles. The molecule has 1 aliphatic heterocycles. The molecule has 2 heterocycles. The first-order chi connectivity index (χ1) is 12.9. The number of nitrogens with zero attached hydrogens (tertiary/aromatic N) is 4. The fourth-order valence-corrected chi connectivity index (χ4v) is 2.98. The molecule has 7 heteroatoms. The van der Waals surface area contributed by atoms with Crippen molar-refractivity contribution >= 4 is 11.8 Å². The molecule has 1 N–H and O–H groups in total. The Morgan fingerprint density at radius 1 is 1.07 bits per heavy atom. The smallest absolute Gasteiger partial charge is 0.317 e. The molecule has 3 rings (SSSR count). The Hall–Kier alpha value is -2.83. The fraction of sp³-hybridized carbons (Fsp3) is 0.450. The number of carbonyl (C=O) groups is 1. The van der Waals surface area contributed by atoms with Gasteiger partial charge in [0.2, 0.25) is 0 Å². The minimum absolute atomic E-state index is 0.0104. The van der Waals surface area contributed by atoms with Crippen molar-refractivity contribution in [1.29, 1.82) is 0 Å². The quantitative estimate of drug-likeness (QED) is 0.901. The van der Waals surface area contributed by atoms with Gasteiger partial charge in [0.05, 0.1) is 12.8 Å². The number of urea groups is 1. The van der Waals surface area contributed by atoms with Gasteiger partial charge in [-0.25, -0.2) is 14.8 Å². The third kappa shape index (κ3) is 4.87. The zero-order valence-electron chi connectivity index (χ0n) is 16.4. The van der Waals surface area contributed by atoms with E-state index in [0.717, 1.165) is 35.9 Å². The first kappa shape index (κ1) is 18.9. The van der Waals surface area contributed by atoms with Crippen LogP contribution in [0.4, 0.5) is 10.6 Å². The van der Waals surface area contributed by atoms with Crippen molar-refractivity contribution in [2.45, 2.75) is 26.3 Å². The second-order valence-electron chi connectivity index (χ2n) is 7.64. The number of nitrogens with one attached hydrogen (secondary N) is 1. The van der Waals surface area contributed by atoms with Gasteiger partial charge in [0.25, 0.3) is 0 Å². The summed E-state index contributed by atoms with van der Waals surface area (Å²) in [5.41, 5.74) is 1.66. The van der Waals surface area contributed by atoms with Gasteiger partial charge in [-0.3, -0.25) is 0 Å². The van der Waals surface area contributed by atoms with E-state index in [1.54, 1.807) is 13.4 Å². The Balaban J connectivity index is 1.65. The van der Waals surface area contributed by atoms with E-state index in [0.29, 0.717) is 13.1 Å². The standard InChI is InChI=1S/C20H27N5O2/c1-20(2,3)23-19(26)25-11-9-24(10-12-25)18-13-17(21-14-22-18)15-5-7-16(27-4)8-6-15/h5-8,13-14H,9-12H2,1-4H3,(H,23,26). The maximum Gasteiger partial charge on any atom is 0.317 e. The van der Waals surface area contributed by atoms with E-state index in [2.05, 4.69) is 20.2 Å². The molecular formula is C20H27N5O2. The number of rotatable bonds is 3. The lowest BCUT2D eigenvalue weighted by Crippen LogP contribution is -2.55. The van der Waals surface area contributed by atoms with Gasteiger partial charge in [0.1, 0.15) is 17.9 Å². The largest absolute Gasteiger partial charge is 0.497 e. The molecule has 1 saturated heterocycles. The maximum atomic E-state index is 12.3. The van der Waals surface area contributed by atoms with Crippen LogP contribution in [-0.4, -0.2) is 59.7 Å². The SMILES string of the molecule is COc1ccc(-c2cc(N3CCN(C(=O)NC(C)(C)C)CC3)ncn2)cc1. The Labute approximate surface area is 160 Å². The average Bonchev–Trinajstić information content (AvgIpc) is 2.67. The van der Waals surface area contributed by atoms with E-state index in [1.807, 2.05) is 56.0 Å². The normalized spacial score (nSPS) is 14.8. The predicted octanol–water partition coefficient (Wildman–Crippen LogP) is 2.78. The van der Waals surface area contributed by atoms with Gasteiger partial charge in [-0.1, -0.05) is 0 Å². The summed E-state index contributed by atoms with van der Waals surface area (Å²) in [7, 11) is 1.65. The average molecular weight is 369 g/mol. The predicted molar refractivity (Wildman–Crippen MR) is 106 cm³/mol. The molecule has 7 nitrogen and oxygen atoms in total. The molecule has 0 atom stereocenters. The van der Waals surface area contributed by atoms with Crippen LogP contribution in [0, 0.1) is 0 Å². The van der Waals surface area contributed by atoms with E-state index in [4.69, 9.17) is 4.74 Å². The van der Waals surface area contributed by atoms with Gasteiger partial charge >= 0.3 is 6.03 Å². The lowest BCUT2D eigenvalue weighted by atomic mass is 10.1. The van der Waals surface area contributed by atoms with Crippen molar-refractivity contribution in [3.8, 4) is 17.0 Å². The van der Waals surface area contributed by atoms with Crippen molar-refractivity contribution in [3.63, 3.8) is 0 Å². The van der Waals surface area contributed by atoms with Crippen LogP contribution in [-0.2, 0) is 0 Å². The maximum absolute atomic E-state index is 12.3. The second-order valence-corrected chi connectivity index (χ2v) is 7.64. The topological polar surface area (TPSA) is 70.6 Å². The molecule has 0 aliphatic carbocycles. The zero-order valence-corrected chi connectivity index (χ0v) is 16.4. The van der Waals surface area contributed by atoms with Crippen molar-refractivity contribution in [2.24, 2.45) is 0 Å². The molecule has 0 saturated carbocycles. The first-order valence-corrected chi connectivity index (χ1v) is 9.14. The van der Waals surface area contributed by atoms with Crippen LogP contribution in [0.1, 0.15) is 20.8 Å². The number of piperazine rings is 1. The van der Waals surface area contributed by atoms with Crippen molar-refractivity contribution in [1.82, 2.24) is 20.2 Å². The highest BCUT2D eigenvalue weighted by Crippen LogP contribution is 2.23. The van der Waals surface area contributed by atoms with E-state index < -0.39 is 0 Å². The summed E-state index contributed by atoms with van der Waals surface area (Å²) in [5, 5.41) is 3.02. The van der Waals surface area contributed by atoms with Gasteiger partial charge in [-0.15, -0.1) is 0 Å². The summed E-state index contributed by atoms with van der Waals surface area (Å²) in [6.45, 7) is 8.80. The van der Waals surface area contributed by atoms with Crippen LogP contribution < -0.4 is 15.0 Å². The van der Waals surface area contributed by atoms with E-state index in [-0.39, 0.29) is 11.6 Å². The summed E-state index contributed by atoms with van der Waals surface area (Å²) >= 11 is 0. The first-order valence-electron chi connectivity index (χ1n) is 9.14. The third-order valence-electron chi connectivity index (χ3n) is 4.41. The molecule has 1 aromatic carbocycles. The lowest BCUT2D eigenvalue weighted by Gasteiger charge is -2.36. The highest BCUT2D eigenvalue weighted by Gasteiger charge is 2.24. The molecule has 144 valence electrons. The van der Waals surface area contributed by atoms with Crippen LogP contribution in [0.5, 0.6) is 5.75 Å². The van der Waals surface area contributed by atoms with Crippen LogP contribution in [0.3, 0.4) is 0 Å². The van der Waals surface area contributed by atoms with Gasteiger partial charge < -0.3 is 19.9 Å². The number of aromatic nitrogens is 2. The number of amides is 2. The fourth-order valence-electron chi connectivity index (χ4n) is 2.98. The van der Waals surface area contributed by atoms with Crippen molar-refractivity contribution in [3.05, 3.63) is 36.7 Å². The van der Waals surface area contributed by atoms with Crippen molar-refractivity contribution in [2.75, 3.05) is 38.2 Å². The van der Waals surface area contributed by atoms with Gasteiger partial charge in [0, 0.05) is 43.3 Å². The number of ether oxygens (including phenoxy) is 1. The summed E-state index contributed by atoms with van der Waals surface area (Å²) in [6, 6.07) is 9.79. The molecule has 2 amide bonds. The Morgan fingerprint density at radius 2 is 1.74 bits per heavy atom. The molecule has 2 aromatic rings. The van der Waals surface area contributed by atoms with E-state index in [1.165, 1.54) is 0 Å². The number of anilines is 1. The number of benzene rings is 1. The highest BCUT2D eigenvalue weighted by molar-refractivity contribution is 5.75. The molecule has 1 aliphatic rings. The molecule has 0 unspecified atom stereocenters. The number of hydrogen-bond donors (Lipinski definition) is 1. The minimum Gasteiger partial charge on any atom is -0.497 e. The molecular weight excluding hydrogens is 342 g/mol. The molecule has 0 spiro atoms. The Bertz CT molecular complexity index is 778. The van der Waals surface area contributed by atoms with Gasteiger partial charge in [-0.2, -0.15) is 0 Å². The third-order valence-corrected chi connectivity index (χ3v) is 4.41. The zero-order chi connectivity index (χ0) is 19.4. The molecule has 1 fully saturated rings. The number of carbonyl (C=O) groups excluding carboxylic acids is 1. The lowest BCUT2D eigenvalue weighted by molar-refractivity contribution is 0.185. The van der Waals surface area contributed by atoms with E-state index >= 15 is 0 Å². The van der Waals surface area contributed by atoms with Crippen LogP contribution in [0.15, 0.2) is 36.7 Å². The van der Waals surface area contributed by atoms with Gasteiger partial charge in [0.15, 0.2) is 0 Å². The second kappa shape index (κ2) is 7.82.